The lowest BCUT2D eigenvalue weighted by Crippen LogP contribution is -2.43. The minimum absolute atomic E-state index is 0.578. The highest BCUT2D eigenvalue weighted by molar-refractivity contribution is 5.71. The van der Waals surface area contributed by atoms with Gasteiger partial charge in [0.1, 0.15) is 0 Å². The highest BCUT2D eigenvalue weighted by Gasteiger charge is 2.21. The molecule has 1 N–H and O–H groups in total. The Morgan fingerprint density at radius 1 is 1.08 bits per heavy atom. The second-order valence-corrected chi connectivity index (χ2v) is 6.59. The first-order chi connectivity index (χ1) is 12.2. The predicted molar refractivity (Wildman–Crippen MR) is 102 cm³/mol. The van der Waals surface area contributed by atoms with Gasteiger partial charge in [0.15, 0.2) is 11.5 Å². The van der Waals surface area contributed by atoms with Gasteiger partial charge in [-0.1, -0.05) is 30.3 Å². The second-order valence-electron chi connectivity index (χ2n) is 6.59. The van der Waals surface area contributed by atoms with E-state index in [1.165, 1.54) is 29.5 Å². The lowest BCUT2D eigenvalue weighted by Gasteiger charge is -2.33. The molecule has 0 saturated carbocycles. The average molecular weight is 340 g/mol. The van der Waals surface area contributed by atoms with Crippen molar-refractivity contribution in [3.05, 3.63) is 48.0 Å². The Balaban J connectivity index is 1.95. The number of nitrogens with one attached hydrogen (secondary N) is 1. The first-order valence-corrected chi connectivity index (χ1v) is 8.95. The molecule has 134 valence electrons. The third-order valence-electron chi connectivity index (χ3n) is 5.00. The van der Waals surface area contributed by atoms with Crippen LogP contribution in [0.15, 0.2) is 42.5 Å². The quantitative estimate of drug-likeness (QED) is 0.872. The van der Waals surface area contributed by atoms with E-state index in [9.17, 15) is 0 Å². The van der Waals surface area contributed by atoms with Crippen LogP contribution in [0.3, 0.4) is 0 Å². The predicted octanol–water partition coefficient (Wildman–Crippen LogP) is 3.55. The fourth-order valence-electron chi connectivity index (χ4n) is 3.61. The minimum Gasteiger partial charge on any atom is -0.493 e. The van der Waals surface area contributed by atoms with Gasteiger partial charge in [0.2, 0.25) is 0 Å². The lowest BCUT2D eigenvalue weighted by molar-refractivity contribution is 0.188. The van der Waals surface area contributed by atoms with Crippen LogP contribution in [0.1, 0.15) is 18.4 Å². The zero-order valence-electron chi connectivity index (χ0n) is 15.4. The van der Waals surface area contributed by atoms with Gasteiger partial charge in [0, 0.05) is 19.1 Å². The van der Waals surface area contributed by atoms with Gasteiger partial charge in [0.05, 0.1) is 14.2 Å². The molecule has 0 amide bonds. The molecule has 1 fully saturated rings. The number of methoxy groups -OCH3 is 2. The van der Waals surface area contributed by atoms with Crippen LogP contribution >= 0.6 is 0 Å². The average Bonchev–Trinajstić information content (AvgIpc) is 2.68. The van der Waals surface area contributed by atoms with E-state index in [1.807, 2.05) is 6.07 Å². The molecule has 0 spiro atoms. The third kappa shape index (κ3) is 4.14. The lowest BCUT2D eigenvalue weighted by atomic mass is 9.97. The van der Waals surface area contributed by atoms with Gasteiger partial charge in [-0.05, 0) is 55.3 Å². The molecule has 1 unspecified atom stereocenters. The van der Waals surface area contributed by atoms with Gasteiger partial charge in [-0.25, -0.2) is 0 Å². The second kappa shape index (κ2) is 8.37. The molecule has 3 rings (SSSR count). The summed E-state index contributed by atoms with van der Waals surface area (Å²) in [5.41, 5.74) is 3.70. The summed E-state index contributed by atoms with van der Waals surface area (Å²) in [5, 5.41) is 3.42. The molecule has 2 aromatic rings. The molecular weight excluding hydrogens is 312 g/mol. The van der Waals surface area contributed by atoms with E-state index in [1.54, 1.807) is 14.2 Å². The molecule has 1 aliphatic rings. The number of piperidine rings is 1. The molecule has 0 radical (unpaired) electrons. The first kappa shape index (κ1) is 17.8. The Kier molecular flexibility index (Phi) is 5.95. The molecule has 1 atom stereocenters. The van der Waals surface area contributed by atoms with E-state index >= 15 is 0 Å². The van der Waals surface area contributed by atoms with Crippen LogP contribution in [-0.4, -0.2) is 45.3 Å². The zero-order valence-corrected chi connectivity index (χ0v) is 15.4. The van der Waals surface area contributed by atoms with Gasteiger partial charge in [0.25, 0.3) is 0 Å². The van der Waals surface area contributed by atoms with Crippen LogP contribution in [0.25, 0.3) is 11.1 Å². The Bertz CT molecular complexity index is 688. The smallest absolute Gasteiger partial charge is 0.161 e. The summed E-state index contributed by atoms with van der Waals surface area (Å²) in [4.78, 5) is 2.53. The number of likely N-dealkylation sites (tertiary alicyclic amines) is 1. The van der Waals surface area contributed by atoms with E-state index in [2.05, 4.69) is 53.7 Å². The van der Waals surface area contributed by atoms with Crippen molar-refractivity contribution < 1.29 is 9.47 Å². The summed E-state index contributed by atoms with van der Waals surface area (Å²) in [5.74, 6) is 1.57. The van der Waals surface area contributed by atoms with E-state index in [0.717, 1.165) is 31.1 Å². The SMILES string of the molecule is CNC1CCCN(Cc2cc(OC)c(OC)cc2-c2ccccc2)C1. The summed E-state index contributed by atoms with van der Waals surface area (Å²) in [6, 6.07) is 15.3. The van der Waals surface area contributed by atoms with Crippen LogP contribution in [0, 0.1) is 0 Å². The summed E-state index contributed by atoms with van der Waals surface area (Å²) < 4.78 is 11.1. The van der Waals surface area contributed by atoms with Crippen LogP contribution in [0.5, 0.6) is 11.5 Å². The molecule has 1 saturated heterocycles. The van der Waals surface area contributed by atoms with Gasteiger partial charge < -0.3 is 14.8 Å². The van der Waals surface area contributed by atoms with E-state index < -0.39 is 0 Å². The summed E-state index contributed by atoms with van der Waals surface area (Å²) >= 11 is 0. The summed E-state index contributed by atoms with van der Waals surface area (Å²) in [6.07, 6.45) is 2.49. The maximum absolute atomic E-state index is 5.54. The van der Waals surface area contributed by atoms with Gasteiger partial charge >= 0.3 is 0 Å². The molecule has 4 heteroatoms. The third-order valence-corrected chi connectivity index (χ3v) is 5.00. The fraction of sp³-hybridized carbons (Fsp3) is 0.429. The molecule has 0 bridgehead atoms. The fourth-order valence-corrected chi connectivity index (χ4v) is 3.61. The number of likely N-dealkylation sites (N-methyl/N-ethyl adjacent to an activating group) is 1. The highest BCUT2D eigenvalue weighted by atomic mass is 16.5. The van der Waals surface area contributed by atoms with Crippen molar-refractivity contribution >= 4 is 0 Å². The van der Waals surface area contributed by atoms with Crippen LogP contribution in [0.2, 0.25) is 0 Å². The molecule has 1 heterocycles. The van der Waals surface area contributed by atoms with Crippen molar-refractivity contribution in [2.24, 2.45) is 0 Å². The summed E-state index contributed by atoms with van der Waals surface area (Å²) in [7, 11) is 5.44. The number of nitrogens with zero attached hydrogens (tertiary/aromatic N) is 1. The van der Waals surface area contributed by atoms with Crippen molar-refractivity contribution in [2.45, 2.75) is 25.4 Å². The first-order valence-electron chi connectivity index (χ1n) is 8.95. The van der Waals surface area contributed by atoms with Crippen molar-refractivity contribution in [3.8, 4) is 22.6 Å². The standard InChI is InChI=1S/C21H28N2O2/c1-22-18-10-7-11-23(15-18)14-17-12-20(24-2)21(25-3)13-19(17)16-8-5-4-6-9-16/h4-6,8-9,12-13,18,22H,7,10-11,14-15H2,1-3H3. The highest BCUT2D eigenvalue weighted by Crippen LogP contribution is 2.36. The van der Waals surface area contributed by atoms with Gasteiger partial charge in [-0.15, -0.1) is 0 Å². The molecule has 0 aliphatic carbocycles. The molecule has 1 aliphatic heterocycles. The maximum Gasteiger partial charge on any atom is 0.161 e. The number of rotatable bonds is 6. The Hall–Kier alpha value is -2.04. The number of benzene rings is 2. The number of hydrogen-bond donors (Lipinski definition) is 1. The molecular formula is C21H28N2O2. The Morgan fingerprint density at radius 2 is 1.80 bits per heavy atom. The van der Waals surface area contributed by atoms with Crippen molar-refractivity contribution in [1.29, 1.82) is 0 Å². The van der Waals surface area contributed by atoms with Crippen molar-refractivity contribution in [2.75, 3.05) is 34.4 Å². The Labute approximate surface area is 150 Å². The van der Waals surface area contributed by atoms with E-state index in [4.69, 9.17) is 9.47 Å². The maximum atomic E-state index is 5.54. The van der Waals surface area contributed by atoms with Crippen LogP contribution < -0.4 is 14.8 Å². The van der Waals surface area contributed by atoms with Gasteiger partial charge in [-0.2, -0.15) is 0 Å². The van der Waals surface area contributed by atoms with Crippen molar-refractivity contribution in [1.82, 2.24) is 10.2 Å². The molecule has 0 aromatic heterocycles. The zero-order chi connectivity index (χ0) is 17.6. The minimum atomic E-state index is 0.578. The topological polar surface area (TPSA) is 33.7 Å². The van der Waals surface area contributed by atoms with Crippen molar-refractivity contribution in [3.63, 3.8) is 0 Å². The molecule has 2 aromatic carbocycles. The monoisotopic (exact) mass is 340 g/mol. The number of hydrogen-bond acceptors (Lipinski definition) is 4. The van der Waals surface area contributed by atoms with E-state index in [0.29, 0.717) is 6.04 Å². The number of ether oxygens (including phenoxy) is 2. The Morgan fingerprint density at radius 3 is 2.48 bits per heavy atom. The van der Waals surface area contributed by atoms with Crippen LogP contribution in [-0.2, 0) is 6.54 Å². The largest absolute Gasteiger partial charge is 0.493 e. The molecule has 4 nitrogen and oxygen atoms in total. The normalized spacial score (nSPS) is 18.1. The summed E-state index contributed by atoms with van der Waals surface area (Å²) in [6.45, 7) is 3.14. The van der Waals surface area contributed by atoms with Gasteiger partial charge in [-0.3, -0.25) is 4.90 Å². The molecule has 25 heavy (non-hydrogen) atoms. The van der Waals surface area contributed by atoms with Crippen LogP contribution in [0.4, 0.5) is 0 Å². The van der Waals surface area contributed by atoms with E-state index in [-0.39, 0.29) is 0 Å².